The average molecular weight is 180 g/mol. The fourth-order valence-electron chi connectivity index (χ4n) is 1.38. The van der Waals surface area contributed by atoms with Gasteiger partial charge in [0.05, 0.1) is 0 Å². The summed E-state index contributed by atoms with van der Waals surface area (Å²) in [6.45, 7) is 7.70. The summed E-state index contributed by atoms with van der Waals surface area (Å²) in [4.78, 5) is 16.3. The summed E-state index contributed by atoms with van der Waals surface area (Å²) in [5, 5.41) is 0. The first-order valence-corrected chi connectivity index (χ1v) is 4.64. The van der Waals surface area contributed by atoms with Crippen LogP contribution in [0.5, 0.6) is 0 Å². The lowest BCUT2D eigenvalue weighted by Crippen LogP contribution is -2.28. The molecular formula is C10H16N2O. The Labute approximate surface area is 78.4 Å². The summed E-state index contributed by atoms with van der Waals surface area (Å²) in [6, 6.07) is 3.80. The van der Waals surface area contributed by atoms with E-state index in [0.717, 1.165) is 24.5 Å². The number of nitrogens with zero attached hydrogens (tertiary/aromatic N) is 1. The second kappa shape index (κ2) is 4.12. The lowest BCUT2D eigenvalue weighted by atomic mass is 10.3. The van der Waals surface area contributed by atoms with E-state index in [1.54, 1.807) is 0 Å². The summed E-state index contributed by atoms with van der Waals surface area (Å²) < 4.78 is 0. The van der Waals surface area contributed by atoms with Crippen LogP contribution in [0.3, 0.4) is 0 Å². The van der Waals surface area contributed by atoms with Crippen molar-refractivity contribution in [3.63, 3.8) is 0 Å². The number of nitrogens with one attached hydrogen (secondary N) is 1. The van der Waals surface area contributed by atoms with E-state index >= 15 is 0 Å². The van der Waals surface area contributed by atoms with Crippen LogP contribution in [0.2, 0.25) is 0 Å². The predicted octanol–water partition coefficient (Wildman–Crippen LogP) is 1.53. The maximum absolute atomic E-state index is 11.5. The molecule has 3 nitrogen and oxygen atoms in total. The maximum Gasteiger partial charge on any atom is 0.271 e. The summed E-state index contributed by atoms with van der Waals surface area (Å²) >= 11 is 0. The van der Waals surface area contributed by atoms with Gasteiger partial charge in [0.1, 0.15) is 5.69 Å². The molecule has 1 rings (SSSR count). The van der Waals surface area contributed by atoms with E-state index in [1.165, 1.54) is 0 Å². The molecule has 0 aliphatic carbocycles. The zero-order valence-corrected chi connectivity index (χ0v) is 8.42. The number of anilines is 1. The molecule has 0 fully saturated rings. The number of aromatic nitrogens is 1. The smallest absolute Gasteiger partial charge is 0.271 e. The molecule has 1 aromatic rings. The molecule has 0 unspecified atom stereocenters. The Morgan fingerprint density at radius 2 is 1.92 bits per heavy atom. The van der Waals surface area contributed by atoms with Crippen LogP contribution in [-0.4, -0.2) is 18.1 Å². The highest BCUT2D eigenvalue weighted by molar-refractivity contribution is 5.44. The van der Waals surface area contributed by atoms with Gasteiger partial charge in [-0.15, -0.1) is 0 Å². The molecular weight excluding hydrogens is 164 g/mol. The van der Waals surface area contributed by atoms with Gasteiger partial charge in [0.2, 0.25) is 0 Å². The van der Waals surface area contributed by atoms with Crippen LogP contribution in [0.15, 0.2) is 16.9 Å². The van der Waals surface area contributed by atoms with E-state index in [2.05, 4.69) is 4.98 Å². The van der Waals surface area contributed by atoms with Crippen LogP contribution in [-0.2, 0) is 0 Å². The molecule has 0 atom stereocenters. The van der Waals surface area contributed by atoms with Crippen LogP contribution >= 0.6 is 0 Å². The second-order valence-electron chi connectivity index (χ2n) is 3.03. The fraction of sp³-hybridized carbons (Fsp3) is 0.500. The maximum atomic E-state index is 11.5. The molecule has 3 heteroatoms. The first-order chi connectivity index (χ1) is 6.19. The van der Waals surface area contributed by atoms with Crippen LogP contribution in [0.1, 0.15) is 19.5 Å². The number of rotatable bonds is 3. The summed E-state index contributed by atoms with van der Waals surface area (Å²) in [5.41, 5.74) is 1.67. The minimum atomic E-state index is 0.00343. The number of H-pyrrole nitrogens is 1. The number of hydrogen-bond acceptors (Lipinski definition) is 2. The molecule has 0 aliphatic rings. The number of hydrogen-bond donors (Lipinski definition) is 1. The lowest BCUT2D eigenvalue weighted by molar-refractivity contribution is 0.854. The molecule has 0 aromatic carbocycles. The van der Waals surface area contributed by atoms with Gasteiger partial charge in [0.15, 0.2) is 0 Å². The Morgan fingerprint density at radius 1 is 1.31 bits per heavy atom. The highest BCUT2D eigenvalue weighted by Crippen LogP contribution is 2.06. The lowest BCUT2D eigenvalue weighted by Gasteiger charge is -2.19. The number of aromatic amines is 1. The third-order valence-corrected chi connectivity index (χ3v) is 2.14. The van der Waals surface area contributed by atoms with Gasteiger partial charge in [-0.2, -0.15) is 0 Å². The van der Waals surface area contributed by atoms with Gasteiger partial charge >= 0.3 is 0 Å². The van der Waals surface area contributed by atoms with Crippen molar-refractivity contribution in [1.29, 1.82) is 0 Å². The highest BCUT2D eigenvalue weighted by atomic mass is 16.1. The number of aryl methyl sites for hydroxylation is 1. The molecule has 0 saturated heterocycles. The third-order valence-electron chi connectivity index (χ3n) is 2.14. The van der Waals surface area contributed by atoms with Crippen molar-refractivity contribution >= 4 is 5.69 Å². The molecule has 72 valence electrons. The Hall–Kier alpha value is -1.25. The average Bonchev–Trinajstić information content (AvgIpc) is 2.10. The van der Waals surface area contributed by atoms with Gasteiger partial charge in [-0.3, -0.25) is 4.79 Å². The van der Waals surface area contributed by atoms with Gasteiger partial charge in [0, 0.05) is 18.8 Å². The number of pyridine rings is 1. The monoisotopic (exact) mass is 180 g/mol. The first kappa shape index (κ1) is 9.84. The van der Waals surface area contributed by atoms with Crippen LogP contribution < -0.4 is 10.5 Å². The minimum absolute atomic E-state index is 0.00343. The molecule has 0 aliphatic heterocycles. The van der Waals surface area contributed by atoms with Crippen molar-refractivity contribution in [2.45, 2.75) is 20.8 Å². The first-order valence-electron chi connectivity index (χ1n) is 4.64. The van der Waals surface area contributed by atoms with Crippen molar-refractivity contribution in [2.24, 2.45) is 0 Å². The van der Waals surface area contributed by atoms with E-state index in [1.807, 2.05) is 37.8 Å². The SMILES string of the molecule is CCN(CC)c1ccc(C)[nH]c1=O. The van der Waals surface area contributed by atoms with Gasteiger partial charge in [-0.1, -0.05) is 0 Å². The molecule has 1 N–H and O–H groups in total. The van der Waals surface area contributed by atoms with Gasteiger partial charge < -0.3 is 9.88 Å². The molecule has 0 amide bonds. The third kappa shape index (κ3) is 2.11. The summed E-state index contributed by atoms with van der Waals surface area (Å²) in [5.74, 6) is 0. The Kier molecular flexibility index (Phi) is 3.12. The molecule has 0 spiro atoms. The zero-order valence-electron chi connectivity index (χ0n) is 8.42. The Morgan fingerprint density at radius 3 is 2.38 bits per heavy atom. The molecule has 1 heterocycles. The second-order valence-corrected chi connectivity index (χ2v) is 3.03. The van der Waals surface area contributed by atoms with Crippen molar-refractivity contribution < 1.29 is 0 Å². The Bertz CT molecular complexity index is 326. The zero-order chi connectivity index (χ0) is 9.84. The quantitative estimate of drug-likeness (QED) is 0.765. The van der Waals surface area contributed by atoms with E-state index in [0.29, 0.717) is 0 Å². The molecule has 13 heavy (non-hydrogen) atoms. The molecule has 0 radical (unpaired) electrons. The predicted molar refractivity (Wildman–Crippen MR) is 55.4 cm³/mol. The van der Waals surface area contributed by atoms with E-state index in [-0.39, 0.29) is 5.56 Å². The van der Waals surface area contributed by atoms with Gasteiger partial charge in [-0.25, -0.2) is 0 Å². The minimum Gasteiger partial charge on any atom is -0.368 e. The summed E-state index contributed by atoms with van der Waals surface area (Å²) in [6.07, 6.45) is 0. The Balaban J connectivity index is 3.07. The molecule has 1 aromatic heterocycles. The molecule has 0 saturated carbocycles. The largest absolute Gasteiger partial charge is 0.368 e. The topological polar surface area (TPSA) is 36.1 Å². The standard InChI is InChI=1S/C10H16N2O/c1-4-12(5-2)9-7-6-8(3)11-10(9)13/h6-7H,4-5H2,1-3H3,(H,11,13). The summed E-state index contributed by atoms with van der Waals surface area (Å²) in [7, 11) is 0. The highest BCUT2D eigenvalue weighted by Gasteiger charge is 2.05. The van der Waals surface area contributed by atoms with Crippen LogP contribution in [0.25, 0.3) is 0 Å². The van der Waals surface area contributed by atoms with Crippen molar-refractivity contribution in [3.05, 3.63) is 28.2 Å². The normalized spacial score (nSPS) is 10.1. The van der Waals surface area contributed by atoms with Crippen LogP contribution in [0.4, 0.5) is 5.69 Å². The van der Waals surface area contributed by atoms with Crippen LogP contribution in [0, 0.1) is 6.92 Å². The van der Waals surface area contributed by atoms with Crippen molar-refractivity contribution in [3.8, 4) is 0 Å². The van der Waals surface area contributed by atoms with E-state index in [9.17, 15) is 4.79 Å². The van der Waals surface area contributed by atoms with Crippen molar-refractivity contribution in [1.82, 2.24) is 4.98 Å². The van der Waals surface area contributed by atoms with Crippen molar-refractivity contribution in [2.75, 3.05) is 18.0 Å². The fourth-order valence-corrected chi connectivity index (χ4v) is 1.38. The van der Waals surface area contributed by atoms with Gasteiger partial charge in [0.25, 0.3) is 5.56 Å². The van der Waals surface area contributed by atoms with E-state index in [4.69, 9.17) is 0 Å². The molecule has 0 bridgehead atoms. The van der Waals surface area contributed by atoms with Gasteiger partial charge in [-0.05, 0) is 32.9 Å². The van der Waals surface area contributed by atoms with E-state index < -0.39 is 0 Å².